The van der Waals surface area contributed by atoms with Crippen molar-refractivity contribution in [2.24, 2.45) is 0 Å². The number of carbonyl (C=O) groups excluding carboxylic acids is 1. The Morgan fingerprint density at radius 2 is 2.00 bits per heavy atom. The molecule has 5 nitrogen and oxygen atoms in total. The Morgan fingerprint density at radius 1 is 1.33 bits per heavy atom. The topological polar surface area (TPSA) is 50.8 Å². The third-order valence-corrected chi connectivity index (χ3v) is 2.93. The monoisotopic (exact) mass is 250 g/mol. The van der Waals surface area contributed by atoms with Crippen LogP contribution in [-0.4, -0.2) is 39.5 Å². The summed E-state index contributed by atoms with van der Waals surface area (Å²) in [4.78, 5) is 13.2. The van der Waals surface area contributed by atoms with Gasteiger partial charge >= 0.3 is 6.09 Å². The van der Waals surface area contributed by atoms with E-state index in [1.807, 2.05) is 12.1 Å². The molecule has 0 saturated carbocycles. The second kappa shape index (κ2) is 6.26. The first kappa shape index (κ1) is 12.7. The largest absolute Gasteiger partial charge is 0.453 e. The number of benzene rings is 1. The summed E-state index contributed by atoms with van der Waals surface area (Å²) in [7, 11) is 1.36. The van der Waals surface area contributed by atoms with Crippen LogP contribution in [0.4, 0.5) is 10.5 Å². The fraction of sp³-hybridized carbons (Fsp3) is 0.462. The van der Waals surface area contributed by atoms with Crippen molar-refractivity contribution in [2.45, 2.75) is 6.54 Å². The minimum Gasteiger partial charge on any atom is -0.453 e. The summed E-state index contributed by atoms with van der Waals surface area (Å²) in [5, 5.41) is 2.65. The Labute approximate surface area is 107 Å². The molecule has 1 amide bonds. The van der Waals surface area contributed by atoms with E-state index in [0.29, 0.717) is 6.54 Å². The average Bonchev–Trinajstić information content (AvgIpc) is 2.46. The molecule has 1 aliphatic heterocycles. The van der Waals surface area contributed by atoms with Crippen LogP contribution in [0, 0.1) is 0 Å². The van der Waals surface area contributed by atoms with Crippen molar-refractivity contribution in [2.75, 3.05) is 38.3 Å². The average molecular weight is 250 g/mol. The van der Waals surface area contributed by atoms with Crippen LogP contribution in [0.5, 0.6) is 0 Å². The standard InChI is InChI=1S/C13H18N2O3/c1-17-13(16)14-10-11-2-4-12(5-3-11)15-6-8-18-9-7-15/h2-5H,6-10H2,1H3,(H,14,16). The maximum atomic E-state index is 10.9. The van der Waals surface area contributed by atoms with Gasteiger partial charge in [-0.25, -0.2) is 4.79 Å². The Morgan fingerprint density at radius 3 is 2.61 bits per heavy atom. The van der Waals surface area contributed by atoms with Crippen molar-refractivity contribution >= 4 is 11.8 Å². The summed E-state index contributed by atoms with van der Waals surface area (Å²) in [5.74, 6) is 0. The van der Waals surface area contributed by atoms with Gasteiger partial charge in [0.05, 0.1) is 20.3 Å². The zero-order valence-corrected chi connectivity index (χ0v) is 10.5. The van der Waals surface area contributed by atoms with Crippen molar-refractivity contribution in [3.05, 3.63) is 29.8 Å². The Bertz CT molecular complexity index is 386. The van der Waals surface area contributed by atoms with Gasteiger partial charge in [-0.15, -0.1) is 0 Å². The second-order valence-electron chi connectivity index (χ2n) is 4.11. The molecule has 0 unspecified atom stereocenters. The number of carbonyl (C=O) groups is 1. The van der Waals surface area contributed by atoms with Crippen molar-refractivity contribution < 1.29 is 14.3 Å². The highest BCUT2D eigenvalue weighted by Crippen LogP contribution is 2.16. The molecular weight excluding hydrogens is 232 g/mol. The Kier molecular flexibility index (Phi) is 4.41. The number of rotatable bonds is 3. The van der Waals surface area contributed by atoms with Gasteiger partial charge in [-0.3, -0.25) is 0 Å². The quantitative estimate of drug-likeness (QED) is 0.880. The van der Waals surface area contributed by atoms with E-state index in [9.17, 15) is 4.79 Å². The highest BCUT2D eigenvalue weighted by atomic mass is 16.5. The van der Waals surface area contributed by atoms with E-state index in [1.54, 1.807) is 0 Å². The van der Waals surface area contributed by atoms with Gasteiger partial charge in [-0.2, -0.15) is 0 Å². The van der Waals surface area contributed by atoms with Crippen molar-refractivity contribution in [1.82, 2.24) is 5.32 Å². The number of hydrogen-bond acceptors (Lipinski definition) is 4. The van der Waals surface area contributed by atoms with Crippen LogP contribution in [0.15, 0.2) is 24.3 Å². The maximum absolute atomic E-state index is 10.9. The summed E-state index contributed by atoms with van der Waals surface area (Å²) in [6, 6.07) is 8.17. The van der Waals surface area contributed by atoms with Gasteiger partial charge < -0.3 is 19.7 Å². The molecular formula is C13H18N2O3. The molecule has 0 radical (unpaired) electrons. The predicted molar refractivity (Wildman–Crippen MR) is 68.7 cm³/mol. The van der Waals surface area contributed by atoms with Crippen molar-refractivity contribution in [3.63, 3.8) is 0 Å². The first-order valence-corrected chi connectivity index (χ1v) is 6.03. The highest BCUT2D eigenvalue weighted by molar-refractivity contribution is 5.66. The van der Waals surface area contributed by atoms with Gasteiger partial charge in [-0.05, 0) is 17.7 Å². The number of ether oxygens (including phenoxy) is 2. The molecule has 0 aromatic heterocycles. The lowest BCUT2D eigenvalue weighted by molar-refractivity contribution is 0.122. The number of morpholine rings is 1. The number of hydrogen-bond donors (Lipinski definition) is 1. The first-order valence-electron chi connectivity index (χ1n) is 6.03. The van der Waals surface area contributed by atoms with Gasteiger partial charge in [0.25, 0.3) is 0 Å². The number of methoxy groups -OCH3 is 1. The highest BCUT2D eigenvalue weighted by Gasteiger charge is 2.10. The SMILES string of the molecule is COC(=O)NCc1ccc(N2CCOCC2)cc1. The summed E-state index contributed by atoms with van der Waals surface area (Å²) >= 11 is 0. The molecule has 1 heterocycles. The second-order valence-corrected chi connectivity index (χ2v) is 4.11. The fourth-order valence-electron chi connectivity index (χ4n) is 1.89. The van der Waals surface area contributed by atoms with E-state index in [1.165, 1.54) is 12.8 Å². The smallest absolute Gasteiger partial charge is 0.407 e. The molecule has 1 aromatic carbocycles. The summed E-state index contributed by atoms with van der Waals surface area (Å²) in [5.41, 5.74) is 2.25. The Balaban J connectivity index is 1.90. The summed E-state index contributed by atoms with van der Waals surface area (Å²) < 4.78 is 9.84. The van der Waals surface area contributed by atoms with Crippen LogP contribution < -0.4 is 10.2 Å². The molecule has 1 N–H and O–H groups in total. The summed E-state index contributed by atoms with van der Waals surface area (Å²) in [6.45, 7) is 3.91. The molecule has 5 heteroatoms. The van der Waals surface area contributed by atoms with Crippen molar-refractivity contribution in [3.8, 4) is 0 Å². The minimum absolute atomic E-state index is 0.410. The molecule has 18 heavy (non-hydrogen) atoms. The van der Waals surface area contributed by atoms with Gasteiger partial charge in [0, 0.05) is 25.3 Å². The van der Waals surface area contributed by atoms with Gasteiger partial charge in [0.15, 0.2) is 0 Å². The van der Waals surface area contributed by atoms with Crippen LogP contribution in [0.1, 0.15) is 5.56 Å². The molecule has 0 bridgehead atoms. The molecule has 1 aliphatic rings. The molecule has 0 spiro atoms. The molecule has 0 aliphatic carbocycles. The van der Waals surface area contributed by atoms with Crippen LogP contribution in [-0.2, 0) is 16.0 Å². The van der Waals surface area contributed by atoms with E-state index >= 15 is 0 Å². The minimum atomic E-state index is -0.410. The zero-order chi connectivity index (χ0) is 12.8. The third-order valence-electron chi connectivity index (χ3n) is 2.93. The third kappa shape index (κ3) is 3.37. The zero-order valence-electron chi connectivity index (χ0n) is 10.5. The van der Waals surface area contributed by atoms with Gasteiger partial charge in [0.2, 0.25) is 0 Å². The number of anilines is 1. The molecule has 1 aromatic rings. The van der Waals surface area contributed by atoms with E-state index < -0.39 is 6.09 Å². The number of nitrogens with zero attached hydrogens (tertiary/aromatic N) is 1. The van der Waals surface area contributed by atoms with Gasteiger partial charge in [-0.1, -0.05) is 12.1 Å². The Hall–Kier alpha value is -1.75. The molecule has 0 atom stereocenters. The molecule has 1 fully saturated rings. The predicted octanol–water partition coefficient (Wildman–Crippen LogP) is 1.38. The lowest BCUT2D eigenvalue weighted by Crippen LogP contribution is -2.36. The molecule has 1 saturated heterocycles. The van der Waals surface area contributed by atoms with E-state index in [0.717, 1.165) is 31.9 Å². The number of nitrogens with one attached hydrogen (secondary N) is 1. The van der Waals surface area contributed by atoms with E-state index in [4.69, 9.17) is 4.74 Å². The maximum Gasteiger partial charge on any atom is 0.407 e. The first-order chi connectivity index (χ1) is 8.79. The molecule has 98 valence electrons. The normalized spacial score (nSPS) is 15.3. The fourth-order valence-corrected chi connectivity index (χ4v) is 1.89. The van der Waals surface area contributed by atoms with Crippen LogP contribution in [0.2, 0.25) is 0 Å². The lowest BCUT2D eigenvalue weighted by Gasteiger charge is -2.28. The lowest BCUT2D eigenvalue weighted by atomic mass is 10.2. The van der Waals surface area contributed by atoms with E-state index in [-0.39, 0.29) is 0 Å². The van der Waals surface area contributed by atoms with Gasteiger partial charge in [0.1, 0.15) is 0 Å². The molecule has 2 rings (SSSR count). The number of amides is 1. The van der Waals surface area contributed by atoms with Crippen LogP contribution in [0.25, 0.3) is 0 Å². The van der Waals surface area contributed by atoms with Crippen LogP contribution in [0.3, 0.4) is 0 Å². The number of alkyl carbamates (subject to hydrolysis) is 1. The summed E-state index contributed by atoms with van der Waals surface area (Å²) in [6.07, 6.45) is -0.410. The van der Waals surface area contributed by atoms with Crippen molar-refractivity contribution in [1.29, 1.82) is 0 Å². The van der Waals surface area contributed by atoms with Crippen LogP contribution >= 0.6 is 0 Å². The van der Waals surface area contributed by atoms with E-state index in [2.05, 4.69) is 27.1 Å².